The van der Waals surface area contributed by atoms with Gasteiger partial charge < -0.3 is 20.7 Å². The molecule has 0 unspecified atom stereocenters. The maximum absolute atomic E-state index is 14.0. The van der Waals surface area contributed by atoms with E-state index in [1.54, 1.807) is 25.8 Å². The number of fused-ring (bicyclic) bond motifs is 2. The molecule has 1 saturated heterocycles. The monoisotopic (exact) mass is 541 g/mol. The maximum Gasteiger partial charge on any atom is 0.256 e. The first-order chi connectivity index (χ1) is 19.1. The summed E-state index contributed by atoms with van der Waals surface area (Å²) in [4.78, 5) is 42.1. The molecular weight excluding hydrogens is 506 g/mol. The van der Waals surface area contributed by atoms with Crippen molar-refractivity contribution in [1.29, 1.82) is 0 Å². The van der Waals surface area contributed by atoms with Gasteiger partial charge in [0.1, 0.15) is 23.8 Å². The zero-order valence-corrected chi connectivity index (χ0v) is 23.1. The Hall–Kier alpha value is -4.24. The van der Waals surface area contributed by atoms with E-state index in [9.17, 15) is 14.4 Å². The minimum atomic E-state index is -1.20. The Bertz CT molecular complexity index is 1460. The summed E-state index contributed by atoms with van der Waals surface area (Å²) < 4.78 is 6.15. The summed E-state index contributed by atoms with van der Waals surface area (Å²) in [5, 5.41) is 10.6. The molecule has 2 atom stereocenters. The van der Waals surface area contributed by atoms with Crippen LogP contribution in [0.3, 0.4) is 0 Å². The molecule has 2 aliphatic rings. The number of nitrogens with two attached hydrogens (primary N) is 1. The molecule has 3 amide bonds. The summed E-state index contributed by atoms with van der Waals surface area (Å²) >= 11 is 0. The van der Waals surface area contributed by atoms with Crippen LogP contribution < -0.4 is 15.8 Å². The molecule has 9 nitrogen and oxygen atoms in total. The lowest BCUT2D eigenvalue weighted by Crippen LogP contribution is -2.62. The highest BCUT2D eigenvalue weighted by Gasteiger charge is 2.54. The largest absolute Gasteiger partial charge is 0.490 e. The van der Waals surface area contributed by atoms with Crippen LogP contribution in [-0.2, 0) is 20.8 Å². The van der Waals surface area contributed by atoms with Crippen molar-refractivity contribution in [1.82, 2.24) is 15.2 Å². The second kappa shape index (κ2) is 10.7. The molecule has 2 heterocycles. The number of hydrazone groups is 1. The van der Waals surface area contributed by atoms with Gasteiger partial charge in [-0.2, -0.15) is 5.10 Å². The summed E-state index contributed by atoms with van der Waals surface area (Å²) in [7, 11) is 1.65. The van der Waals surface area contributed by atoms with E-state index in [0.29, 0.717) is 25.1 Å². The van der Waals surface area contributed by atoms with Crippen molar-refractivity contribution < 1.29 is 19.1 Å². The molecule has 208 valence electrons. The minimum absolute atomic E-state index is 0.0916. The number of rotatable bonds is 8. The van der Waals surface area contributed by atoms with Crippen molar-refractivity contribution in [2.24, 2.45) is 16.3 Å². The van der Waals surface area contributed by atoms with Crippen LogP contribution in [0.2, 0.25) is 0 Å². The summed E-state index contributed by atoms with van der Waals surface area (Å²) in [6.45, 7) is 3.62. The Labute approximate surface area is 234 Å². The van der Waals surface area contributed by atoms with Gasteiger partial charge in [-0.05, 0) is 37.3 Å². The van der Waals surface area contributed by atoms with Crippen molar-refractivity contribution >= 4 is 34.2 Å². The van der Waals surface area contributed by atoms with Gasteiger partial charge in [0.05, 0.1) is 11.3 Å². The van der Waals surface area contributed by atoms with Crippen LogP contribution in [0.4, 0.5) is 0 Å². The second-order valence-corrected chi connectivity index (χ2v) is 11.2. The van der Waals surface area contributed by atoms with Crippen LogP contribution in [0.1, 0.15) is 25.8 Å². The highest BCUT2D eigenvalue weighted by Crippen LogP contribution is 2.38. The van der Waals surface area contributed by atoms with Gasteiger partial charge in [0.2, 0.25) is 11.8 Å². The molecule has 3 aromatic rings. The summed E-state index contributed by atoms with van der Waals surface area (Å²) in [5.41, 5.74) is 5.67. The molecule has 0 bridgehead atoms. The van der Waals surface area contributed by atoms with E-state index in [0.717, 1.165) is 22.0 Å². The fourth-order valence-corrected chi connectivity index (χ4v) is 5.45. The number of carbonyl (C=O) groups is 3. The van der Waals surface area contributed by atoms with Gasteiger partial charge in [-0.1, -0.05) is 66.7 Å². The van der Waals surface area contributed by atoms with E-state index in [-0.39, 0.29) is 25.0 Å². The number of nitrogens with zero attached hydrogens (tertiary/aromatic N) is 3. The van der Waals surface area contributed by atoms with Crippen LogP contribution in [0, 0.1) is 5.41 Å². The van der Waals surface area contributed by atoms with Crippen molar-refractivity contribution in [2.45, 2.75) is 38.3 Å². The summed E-state index contributed by atoms with van der Waals surface area (Å²) in [6.07, 6.45) is 0.890. The van der Waals surface area contributed by atoms with Gasteiger partial charge in [-0.15, -0.1) is 0 Å². The first-order valence-electron chi connectivity index (χ1n) is 13.5. The van der Waals surface area contributed by atoms with E-state index in [4.69, 9.17) is 10.5 Å². The number of hydrogen-bond donors (Lipinski definition) is 2. The average molecular weight is 542 g/mol. The maximum atomic E-state index is 14.0. The number of likely N-dealkylation sites (tertiary alicyclic amines) is 1. The molecule has 40 heavy (non-hydrogen) atoms. The number of ether oxygens (including phenoxy) is 1. The number of amides is 3. The molecule has 3 aromatic carbocycles. The molecule has 1 fully saturated rings. The Balaban J connectivity index is 1.41. The van der Waals surface area contributed by atoms with Crippen molar-refractivity contribution in [3.63, 3.8) is 0 Å². The molecule has 0 saturated carbocycles. The third kappa shape index (κ3) is 5.29. The fraction of sp³-hybridized carbons (Fsp3) is 0.355. The molecule has 2 aliphatic heterocycles. The van der Waals surface area contributed by atoms with Crippen molar-refractivity contribution in [2.75, 3.05) is 26.7 Å². The molecule has 0 aromatic heterocycles. The van der Waals surface area contributed by atoms with E-state index >= 15 is 0 Å². The normalized spacial score (nSPS) is 19.7. The number of nitrogens with one attached hydrogen (secondary N) is 1. The van der Waals surface area contributed by atoms with E-state index in [1.165, 1.54) is 5.01 Å². The van der Waals surface area contributed by atoms with E-state index < -0.39 is 22.9 Å². The Morgan fingerprint density at radius 1 is 1.07 bits per heavy atom. The van der Waals surface area contributed by atoms with E-state index in [2.05, 4.69) is 10.4 Å². The van der Waals surface area contributed by atoms with Crippen LogP contribution in [0.25, 0.3) is 10.8 Å². The smallest absolute Gasteiger partial charge is 0.256 e. The molecule has 0 radical (unpaired) electrons. The molecule has 9 heteroatoms. The zero-order valence-electron chi connectivity index (χ0n) is 23.1. The van der Waals surface area contributed by atoms with Crippen LogP contribution in [0.15, 0.2) is 77.9 Å². The molecule has 0 aliphatic carbocycles. The van der Waals surface area contributed by atoms with Gasteiger partial charge in [0, 0.05) is 31.9 Å². The highest BCUT2D eigenvalue weighted by atomic mass is 16.5. The summed E-state index contributed by atoms with van der Waals surface area (Å²) in [5.74, 6) is -0.327. The topological polar surface area (TPSA) is 117 Å². The Morgan fingerprint density at radius 3 is 2.52 bits per heavy atom. The zero-order chi connectivity index (χ0) is 28.5. The fourth-order valence-electron chi connectivity index (χ4n) is 5.45. The number of hydrogen-bond acceptors (Lipinski definition) is 6. The van der Waals surface area contributed by atoms with Crippen LogP contribution >= 0.6 is 0 Å². The third-order valence-corrected chi connectivity index (χ3v) is 7.61. The predicted octanol–water partition coefficient (Wildman–Crippen LogP) is 2.73. The van der Waals surface area contributed by atoms with Gasteiger partial charge in [-0.3, -0.25) is 14.4 Å². The van der Waals surface area contributed by atoms with Crippen molar-refractivity contribution in [3.8, 4) is 5.75 Å². The summed E-state index contributed by atoms with van der Waals surface area (Å²) in [6, 6.07) is 22.3. The van der Waals surface area contributed by atoms with E-state index in [1.807, 2.05) is 72.8 Å². The van der Waals surface area contributed by atoms with Gasteiger partial charge in [-0.25, -0.2) is 5.01 Å². The van der Waals surface area contributed by atoms with Crippen LogP contribution in [0.5, 0.6) is 5.75 Å². The molecular formula is C31H35N5O4. The Morgan fingerprint density at radius 2 is 1.77 bits per heavy atom. The predicted molar refractivity (Wildman–Crippen MR) is 154 cm³/mol. The molecule has 0 spiro atoms. The number of piperidine rings is 1. The van der Waals surface area contributed by atoms with Crippen LogP contribution in [-0.4, -0.2) is 71.7 Å². The van der Waals surface area contributed by atoms with Gasteiger partial charge in [0.15, 0.2) is 0 Å². The second-order valence-electron chi connectivity index (χ2n) is 11.2. The lowest BCUT2D eigenvalue weighted by Gasteiger charge is -2.40. The SMILES string of the molecule is CN1N=C2CCN(C(=O)[C@@H](COc3cccc4ccccc34)NC(=O)C(C)(C)N)C[C@@]2(Cc2ccccc2)C1=O. The Kier molecular flexibility index (Phi) is 7.33. The molecule has 3 N–H and O–H groups in total. The third-order valence-electron chi connectivity index (χ3n) is 7.61. The minimum Gasteiger partial charge on any atom is -0.490 e. The quantitative estimate of drug-likeness (QED) is 0.455. The molecule has 5 rings (SSSR count). The standard InChI is InChI=1S/C31H35N5O4/c1-30(2,32)28(38)33-24(19-40-25-15-9-13-22-12-7-8-14-23(22)25)27(37)36-17-16-26-31(20-36,29(39)35(3)34-26)18-21-10-5-4-6-11-21/h4-15,24H,16-20,32H2,1-3H3,(H,33,38)/t24-,31-/m1/s1. The van der Waals surface area contributed by atoms with Gasteiger partial charge in [0.25, 0.3) is 5.91 Å². The lowest BCUT2D eigenvalue weighted by molar-refractivity contribution is -0.143. The number of carbonyl (C=O) groups excluding carboxylic acids is 3. The first kappa shape index (κ1) is 27.3. The van der Waals surface area contributed by atoms with Crippen molar-refractivity contribution in [3.05, 3.63) is 78.4 Å². The highest BCUT2D eigenvalue weighted by molar-refractivity contribution is 6.13. The first-order valence-corrected chi connectivity index (χ1v) is 13.5. The lowest BCUT2D eigenvalue weighted by atomic mass is 9.73. The average Bonchev–Trinajstić information content (AvgIpc) is 3.19. The number of benzene rings is 3. The van der Waals surface area contributed by atoms with Gasteiger partial charge >= 0.3 is 0 Å².